The maximum Gasteiger partial charge on any atom is 0.225 e. The zero-order chi connectivity index (χ0) is 15.2. The predicted octanol–water partition coefficient (Wildman–Crippen LogP) is 2.45. The maximum atomic E-state index is 11.8. The molecule has 0 aromatic heterocycles. The van der Waals surface area contributed by atoms with Gasteiger partial charge in [-0.25, -0.2) is 12.7 Å². The van der Waals surface area contributed by atoms with Gasteiger partial charge in [0.1, 0.15) is 0 Å². The van der Waals surface area contributed by atoms with Crippen LogP contribution < -0.4 is 5.32 Å². The van der Waals surface area contributed by atoms with Crippen molar-refractivity contribution < 1.29 is 13.2 Å². The van der Waals surface area contributed by atoms with Gasteiger partial charge in [-0.05, 0) is 24.6 Å². The van der Waals surface area contributed by atoms with E-state index < -0.39 is 10.0 Å². The Morgan fingerprint density at radius 1 is 1.35 bits per heavy atom. The highest BCUT2D eigenvalue weighted by Gasteiger charge is 2.16. The van der Waals surface area contributed by atoms with Gasteiger partial charge in [0.05, 0.1) is 6.26 Å². The Morgan fingerprint density at radius 3 is 2.60 bits per heavy atom. The van der Waals surface area contributed by atoms with Crippen molar-refractivity contribution in [3.05, 3.63) is 28.7 Å². The molecule has 0 aliphatic carbocycles. The molecule has 0 atom stereocenters. The second-order valence-corrected chi connectivity index (χ2v) is 7.37. The lowest BCUT2D eigenvalue weighted by Crippen LogP contribution is -2.33. The molecule has 0 unspecified atom stereocenters. The highest BCUT2D eigenvalue weighted by atomic mass is 79.9. The monoisotopic (exact) mass is 362 g/mol. The normalized spacial score (nSPS) is 11.6. The third-order valence-corrected chi connectivity index (χ3v) is 4.44. The Labute approximate surface area is 128 Å². The molecule has 1 amide bonds. The van der Waals surface area contributed by atoms with Crippen molar-refractivity contribution in [1.29, 1.82) is 0 Å². The Morgan fingerprint density at radius 2 is 2.05 bits per heavy atom. The molecule has 0 aliphatic rings. The van der Waals surface area contributed by atoms with Gasteiger partial charge in [0, 0.05) is 29.7 Å². The fourth-order valence-electron chi connectivity index (χ4n) is 1.71. The second kappa shape index (κ2) is 7.75. The van der Waals surface area contributed by atoms with Crippen LogP contribution in [0.4, 0.5) is 5.69 Å². The molecule has 7 heteroatoms. The summed E-state index contributed by atoms with van der Waals surface area (Å²) in [5, 5.41) is 2.74. The van der Waals surface area contributed by atoms with Gasteiger partial charge in [-0.1, -0.05) is 28.9 Å². The summed E-state index contributed by atoms with van der Waals surface area (Å²) in [5.74, 6) is -0.201. The average Bonchev–Trinajstić information content (AvgIpc) is 2.33. The highest BCUT2D eigenvalue weighted by Crippen LogP contribution is 2.15. The van der Waals surface area contributed by atoms with Gasteiger partial charge >= 0.3 is 0 Å². The molecule has 0 heterocycles. The lowest BCUT2D eigenvalue weighted by molar-refractivity contribution is -0.116. The van der Waals surface area contributed by atoms with Gasteiger partial charge in [0.25, 0.3) is 0 Å². The smallest absolute Gasteiger partial charge is 0.225 e. The van der Waals surface area contributed by atoms with E-state index in [1.807, 2.05) is 19.1 Å². The number of rotatable bonds is 7. The number of amides is 1. The van der Waals surface area contributed by atoms with Gasteiger partial charge < -0.3 is 5.32 Å². The Bertz CT molecular complexity index is 560. The zero-order valence-electron chi connectivity index (χ0n) is 11.6. The Balaban J connectivity index is 2.54. The van der Waals surface area contributed by atoms with Crippen LogP contribution >= 0.6 is 15.9 Å². The van der Waals surface area contributed by atoms with Crippen molar-refractivity contribution in [2.24, 2.45) is 0 Å². The lowest BCUT2D eigenvalue weighted by atomic mass is 10.3. The first kappa shape index (κ1) is 17.1. The molecule has 20 heavy (non-hydrogen) atoms. The number of carbonyl (C=O) groups is 1. The summed E-state index contributed by atoms with van der Waals surface area (Å²) >= 11 is 3.32. The quantitative estimate of drug-likeness (QED) is 0.809. The number of carbonyl (C=O) groups excluding carboxylic acids is 1. The average molecular weight is 363 g/mol. The number of halogens is 1. The number of nitrogens with zero attached hydrogens (tertiary/aromatic N) is 1. The van der Waals surface area contributed by atoms with E-state index in [2.05, 4.69) is 21.2 Å². The first-order valence-electron chi connectivity index (χ1n) is 6.33. The van der Waals surface area contributed by atoms with Gasteiger partial charge in [0.2, 0.25) is 15.9 Å². The predicted molar refractivity (Wildman–Crippen MR) is 84.1 cm³/mol. The first-order chi connectivity index (χ1) is 9.32. The number of hydrogen-bond donors (Lipinski definition) is 1. The van der Waals surface area contributed by atoms with Gasteiger partial charge in [-0.15, -0.1) is 0 Å². The fourth-order valence-corrected chi connectivity index (χ4v) is 3.05. The number of anilines is 1. The summed E-state index contributed by atoms with van der Waals surface area (Å²) < 4.78 is 25.3. The number of sulfonamides is 1. The molecule has 1 N–H and O–H groups in total. The van der Waals surface area contributed by atoms with E-state index >= 15 is 0 Å². The van der Waals surface area contributed by atoms with Crippen LogP contribution in [-0.2, 0) is 14.8 Å². The van der Waals surface area contributed by atoms with E-state index in [-0.39, 0.29) is 18.9 Å². The summed E-state index contributed by atoms with van der Waals surface area (Å²) in [6, 6.07) is 7.25. The van der Waals surface area contributed by atoms with Crippen molar-refractivity contribution in [3.8, 4) is 0 Å². The van der Waals surface area contributed by atoms with E-state index in [0.717, 1.165) is 17.1 Å². The zero-order valence-corrected chi connectivity index (χ0v) is 14.0. The maximum absolute atomic E-state index is 11.8. The van der Waals surface area contributed by atoms with Crippen LogP contribution in [-0.4, -0.2) is 38.0 Å². The summed E-state index contributed by atoms with van der Waals surface area (Å²) in [5.41, 5.74) is 0.686. The van der Waals surface area contributed by atoms with Gasteiger partial charge in [0.15, 0.2) is 0 Å². The molecule has 0 fully saturated rings. The Kier molecular flexibility index (Phi) is 6.64. The molecule has 0 saturated heterocycles. The standard InChI is InChI=1S/C13H19BrN2O3S/c1-3-8-16(20(2,18)19)9-7-13(17)15-12-6-4-5-11(14)10-12/h4-6,10H,3,7-9H2,1-2H3,(H,15,17). The van der Waals surface area contributed by atoms with Crippen LogP contribution in [0.25, 0.3) is 0 Å². The minimum absolute atomic E-state index is 0.138. The van der Waals surface area contributed by atoms with Crippen LogP contribution in [0.3, 0.4) is 0 Å². The lowest BCUT2D eigenvalue weighted by Gasteiger charge is -2.18. The minimum Gasteiger partial charge on any atom is -0.326 e. The summed E-state index contributed by atoms with van der Waals surface area (Å²) in [6.45, 7) is 2.54. The van der Waals surface area contributed by atoms with Crippen molar-refractivity contribution >= 4 is 37.5 Å². The van der Waals surface area contributed by atoms with Crippen molar-refractivity contribution in [2.45, 2.75) is 19.8 Å². The van der Waals surface area contributed by atoms with Crippen LogP contribution in [0.2, 0.25) is 0 Å². The summed E-state index contributed by atoms with van der Waals surface area (Å²) in [4.78, 5) is 11.8. The highest BCUT2D eigenvalue weighted by molar-refractivity contribution is 9.10. The molecule has 112 valence electrons. The van der Waals surface area contributed by atoms with E-state index in [9.17, 15) is 13.2 Å². The second-order valence-electron chi connectivity index (χ2n) is 4.47. The molecule has 0 bridgehead atoms. The molecular formula is C13H19BrN2O3S. The number of benzene rings is 1. The number of hydrogen-bond acceptors (Lipinski definition) is 3. The van der Waals surface area contributed by atoms with Crippen LogP contribution in [0, 0.1) is 0 Å². The van der Waals surface area contributed by atoms with Gasteiger partial charge in [-0.2, -0.15) is 0 Å². The van der Waals surface area contributed by atoms with Gasteiger partial charge in [-0.3, -0.25) is 4.79 Å². The van der Waals surface area contributed by atoms with E-state index in [1.54, 1.807) is 12.1 Å². The van der Waals surface area contributed by atoms with Crippen LogP contribution in [0.15, 0.2) is 28.7 Å². The summed E-state index contributed by atoms with van der Waals surface area (Å²) in [7, 11) is -3.26. The third kappa shape index (κ3) is 6.02. The molecule has 0 saturated carbocycles. The number of nitrogens with one attached hydrogen (secondary N) is 1. The summed E-state index contributed by atoms with van der Waals surface area (Å²) in [6.07, 6.45) is 2.02. The fraction of sp³-hybridized carbons (Fsp3) is 0.462. The third-order valence-electron chi connectivity index (χ3n) is 2.64. The molecule has 0 aliphatic heterocycles. The molecule has 5 nitrogen and oxygen atoms in total. The minimum atomic E-state index is -3.26. The molecule has 1 rings (SSSR count). The molecule has 1 aromatic carbocycles. The topological polar surface area (TPSA) is 66.5 Å². The van der Waals surface area contributed by atoms with Crippen molar-refractivity contribution in [1.82, 2.24) is 4.31 Å². The van der Waals surface area contributed by atoms with E-state index in [1.165, 1.54) is 4.31 Å². The SMILES string of the molecule is CCCN(CCC(=O)Nc1cccc(Br)c1)S(C)(=O)=O. The van der Waals surface area contributed by atoms with Crippen molar-refractivity contribution in [2.75, 3.05) is 24.7 Å². The van der Waals surface area contributed by atoms with Crippen molar-refractivity contribution in [3.63, 3.8) is 0 Å². The van der Waals surface area contributed by atoms with Crippen LogP contribution in [0.1, 0.15) is 19.8 Å². The van der Waals surface area contributed by atoms with E-state index in [0.29, 0.717) is 12.2 Å². The molecule has 0 radical (unpaired) electrons. The molecular weight excluding hydrogens is 344 g/mol. The first-order valence-corrected chi connectivity index (χ1v) is 8.97. The van der Waals surface area contributed by atoms with Crippen LogP contribution in [0.5, 0.6) is 0 Å². The molecule has 1 aromatic rings. The Hall–Kier alpha value is -0.920. The largest absolute Gasteiger partial charge is 0.326 e. The van der Waals surface area contributed by atoms with E-state index in [4.69, 9.17) is 0 Å². The molecule has 0 spiro atoms.